The lowest BCUT2D eigenvalue weighted by Gasteiger charge is -2.10. The van der Waals surface area contributed by atoms with Gasteiger partial charge in [0.2, 0.25) is 0 Å². The second kappa shape index (κ2) is 7.99. The van der Waals surface area contributed by atoms with Gasteiger partial charge in [-0.15, -0.1) is 0 Å². The number of carbonyl (C=O) groups is 1. The van der Waals surface area contributed by atoms with Crippen molar-refractivity contribution in [1.29, 1.82) is 0 Å². The number of ketones is 1. The Balaban J connectivity index is 1.81. The molecule has 0 amide bonds. The van der Waals surface area contributed by atoms with Gasteiger partial charge < -0.3 is 4.74 Å². The molecule has 0 saturated carbocycles. The van der Waals surface area contributed by atoms with Gasteiger partial charge in [0.05, 0.1) is 12.2 Å². The Labute approximate surface area is 134 Å². The van der Waals surface area contributed by atoms with Gasteiger partial charge in [-0.3, -0.25) is 4.79 Å². The molecule has 2 aromatic rings. The highest BCUT2D eigenvalue weighted by Gasteiger charge is 2.08. The Morgan fingerprint density at radius 3 is 2.57 bits per heavy atom. The van der Waals surface area contributed by atoms with E-state index in [1.54, 1.807) is 13.0 Å². The molecule has 0 atom stereocenters. The minimum Gasteiger partial charge on any atom is -0.493 e. The molecule has 0 saturated heterocycles. The maximum absolute atomic E-state index is 11.6. The zero-order valence-corrected chi connectivity index (χ0v) is 13.7. The van der Waals surface area contributed by atoms with Crippen molar-refractivity contribution in [2.75, 3.05) is 6.61 Å². The minimum absolute atomic E-state index is 0.0294. The zero-order valence-electron chi connectivity index (χ0n) is 12.1. The molecular weight excluding hydrogens is 328 g/mol. The molecule has 0 heterocycles. The fourth-order valence-electron chi connectivity index (χ4n) is 2.16. The van der Waals surface area contributed by atoms with Crippen LogP contribution in [0.15, 0.2) is 53.0 Å². The van der Waals surface area contributed by atoms with E-state index in [0.717, 1.165) is 23.7 Å². The number of carbonyl (C=O) groups excluding carboxylic acids is 1. The van der Waals surface area contributed by atoms with Crippen molar-refractivity contribution in [2.45, 2.75) is 26.2 Å². The van der Waals surface area contributed by atoms with Gasteiger partial charge in [-0.05, 0) is 49.9 Å². The van der Waals surface area contributed by atoms with Crippen LogP contribution in [0.5, 0.6) is 5.75 Å². The minimum atomic E-state index is 0.0294. The lowest BCUT2D eigenvalue weighted by Crippen LogP contribution is -2.03. The van der Waals surface area contributed by atoms with E-state index in [4.69, 9.17) is 4.74 Å². The first-order valence-electron chi connectivity index (χ1n) is 7.14. The maximum atomic E-state index is 11.6. The maximum Gasteiger partial charge on any atom is 0.163 e. The zero-order chi connectivity index (χ0) is 15.1. The molecule has 21 heavy (non-hydrogen) atoms. The SMILES string of the molecule is CC(=O)c1ccc(Br)cc1OCCCCc1ccccc1. The first kappa shape index (κ1) is 15.8. The van der Waals surface area contributed by atoms with Crippen LogP contribution in [-0.2, 0) is 6.42 Å². The molecule has 2 nitrogen and oxygen atoms in total. The molecule has 0 unspecified atom stereocenters. The van der Waals surface area contributed by atoms with Crippen LogP contribution < -0.4 is 4.74 Å². The van der Waals surface area contributed by atoms with Gasteiger partial charge in [0.1, 0.15) is 5.75 Å². The molecule has 2 rings (SSSR count). The molecule has 0 aliphatic rings. The summed E-state index contributed by atoms with van der Waals surface area (Å²) >= 11 is 3.41. The number of ether oxygens (including phenoxy) is 1. The number of unbranched alkanes of at least 4 members (excludes halogenated alkanes) is 1. The first-order chi connectivity index (χ1) is 10.2. The second-order valence-electron chi connectivity index (χ2n) is 4.99. The summed E-state index contributed by atoms with van der Waals surface area (Å²) in [6.07, 6.45) is 3.11. The standard InChI is InChI=1S/C18H19BrO2/c1-14(20)17-11-10-16(19)13-18(17)21-12-6-5-9-15-7-3-2-4-8-15/h2-4,7-8,10-11,13H,5-6,9,12H2,1H3. The van der Waals surface area contributed by atoms with Crippen LogP contribution in [0.2, 0.25) is 0 Å². The van der Waals surface area contributed by atoms with E-state index in [0.29, 0.717) is 17.9 Å². The molecule has 0 N–H and O–H groups in total. The van der Waals surface area contributed by atoms with E-state index >= 15 is 0 Å². The monoisotopic (exact) mass is 346 g/mol. The molecular formula is C18H19BrO2. The quantitative estimate of drug-likeness (QED) is 0.517. The van der Waals surface area contributed by atoms with E-state index in [9.17, 15) is 4.79 Å². The fourth-order valence-corrected chi connectivity index (χ4v) is 2.50. The van der Waals surface area contributed by atoms with E-state index in [2.05, 4.69) is 40.2 Å². The number of aryl methyl sites for hydroxylation is 1. The van der Waals surface area contributed by atoms with Crippen molar-refractivity contribution in [3.63, 3.8) is 0 Å². The third-order valence-corrected chi connectivity index (χ3v) is 3.78. The molecule has 0 bridgehead atoms. The molecule has 0 aromatic heterocycles. The molecule has 0 radical (unpaired) electrons. The van der Waals surface area contributed by atoms with E-state index < -0.39 is 0 Å². The third kappa shape index (κ3) is 5.01. The topological polar surface area (TPSA) is 26.3 Å². The Kier molecular flexibility index (Phi) is 6.00. The van der Waals surface area contributed by atoms with E-state index in [-0.39, 0.29) is 5.78 Å². The predicted octanol–water partition coefficient (Wildman–Crippen LogP) is 5.05. The van der Waals surface area contributed by atoms with Gasteiger partial charge >= 0.3 is 0 Å². The molecule has 110 valence electrons. The molecule has 0 aliphatic carbocycles. The van der Waals surface area contributed by atoms with Crippen LogP contribution in [0.25, 0.3) is 0 Å². The highest BCUT2D eigenvalue weighted by molar-refractivity contribution is 9.10. The predicted molar refractivity (Wildman–Crippen MR) is 89.0 cm³/mol. The Morgan fingerprint density at radius 1 is 1.10 bits per heavy atom. The number of hydrogen-bond acceptors (Lipinski definition) is 2. The van der Waals surface area contributed by atoms with Crippen molar-refractivity contribution in [3.8, 4) is 5.75 Å². The number of halogens is 1. The Hall–Kier alpha value is -1.61. The third-order valence-electron chi connectivity index (χ3n) is 3.28. The first-order valence-corrected chi connectivity index (χ1v) is 7.93. The van der Waals surface area contributed by atoms with Crippen molar-refractivity contribution in [1.82, 2.24) is 0 Å². The molecule has 0 fully saturated rings. The Morgan fingerprint density at radius 2 is 1.86 bits per heavy atom. The van der Waals surface area contributed by atoms with Crippen LogP contribution in [0.3, 0.4) is 0 Å². The summed E-state index contributed by atoms with van der Waals surface area (Å²) in [6, 6.07) is 16.0. The summed E-state index contributed by atoms with van der Waals surface area (Å²) < 4.78 is 6.69. The summed E-state index contributed by atoms with van der Waals surface area (Å²) in [6.45, 7) is 2.19. The summed E-state index contributed by atoms with van der Waals surface area (Å²) in [5, 5.41) is 0. The van der Waals surface area contributed by atoms with Crippen LogP contribution in [-0.4, -0.2) is 12.4 Å². The van der Waals surface area contributed by atoms with Crippen LogP contribution >= 0.6 is 15.9 Å². The van der Waals surface area contributed by atoms with Gasteiger partial charge in [-0.2, -0.15) is 0 Å². The Bertz CT molecular complexity index is 593. The van der Waals surface area contributed by atoms with Crippen molar-refractivity contribution >= 4 is 21.7 Å². The van der Waals surface area contributed by atoms with Gasteiger partial charge in [-0.25, -0.2) is 0 Å². The van der Waals surface area contributed by atoms with Gasteiger partial charge in [0.15, 0.2) is 5.78 Å². The van der Waals surface area contributed by atoms with Gasteiger partial charge in [0.25, 0.3) is 0 Å². The van der Waals surface area contributed by atoms with Crippen LogP contribution in [0.1, 0.15) is 35.7 Å². The van der Waals surface area contributed by atoms with Gasteiger partial charge in [0, 0.05) is 4.47 Å². The molecule has 0 aliphatic heterocycles. The van der Waals surface area contributed by atoms with E-state index in [1.165, 1.54) is 5.56 Å². The largest absolute Gasteiger partial charge is 0.493 e. The number of rotatable bonds is 7. The summed E-state index contributed by atoms with van der Waals surface area (Å²) in [7, 11) is 0. The van der Waals surface area contributed by atoms with Crippen LogP contribution in [0.4, 0.5) is 0 Å². The summed E-state index contributed by atoms with van der Waals surface area (Å²) in [4.78, 5) is 11.6. The lowest BCUT2D eigenvalue weighted by atomic mass is 10.1. The van der Waals surface area contributed by atoms with Crippen molar-refractivity contribution < 1.29 is 9.53 Å². The summed E-state index contributed by atoms with van der Waals surface area (Å²) in [5.74, 6) is 0.693. The number of hydrogen-bond donors (Lipinski definition) is 0. The normalized spacial score (nSPS) is 10.4. The smallest absolute Gasteiger partial charge is 0.163 e. The summed E-state index contributed by atoms with van der Waals surface area (Å²) in [5.41, 5.74) is 1.99. The average Bonchev–Trinajstić information content (AvgIpc) is 2.48. The second-order valence-corrected chi connectivity index (χ2v) is 5.90. The van der Waals surface area contributed by atoms with Crippen LogP contribution in [0, 0.1) is 0 Å². The average molecular weight is 347 g/mol. The number of Topliss-reactive ketones (excluding diaryl/α,β-unsaturated/α-hetero) is 1. The van der Waals surface area contributed by atoms with Crippen molar-refractivity contribution in [3.05, 3.63) is 64.1 Å². The molecule has 3 heteroatoms. The number of benzene rings is 2. The fraction of sp³-hybridized carbons (Fsp3) is 0.278. The molecule has 2 aromatic carbocycles. The van der Waals surface area contributed by atoms with Gasteiger partial charge in [-0.1, -0.05) is 46.3 Å². The highest BCUT2D eigenvalue weighted by Crippen LogP contribution is 2.24. The van der Waals surface area contributed by atoms with E-state index in [1.807, 2.05) is 18.2 Å². The molecule has 0 spiro atoms. The van der Waals surface area contributed by atoms with Crippen molar-refractivity contribution in [2.24, 2.45) is 0 Å². The lowest BCUT2D eigenvalue weighted by molar-refractivity contribution is 0.101. The highest BCUT2D eigenvalue weighted by atomic mass is 79.9.